The minimum atomic E-state index is -0.0369. The van der Waals surface area contributed by atoms with Crippen molar-refractivity contribution in [3.8, 4) is 0 Å². The molecule has 1 aliphatic heterocycles. The third-order valence-electron chi connectivity index (χ3n) is 4.38. The van der Waals surface area contributed by atoms with Gasteiger partial charge in [-0.2, -0.15) is 5.10 Å². The van der Waals surface area contributed by atoms with E-state index in [1.807, 2.05) is 28.6 Å². The van der Waals surface area contributed by atoms with Crippen molar-refractivity contribution in [2.75, 3.05) is 6.54 Å². The number of likely N-dealkylation sites (tertiary alicyclic amines) is 1. The van der Waals surface area contributed by atoms with Crippen LogP contribution in [0.4, 0.5) is 0 Å². The van der Waals surface area contributed by atoms with E-state index in [1.165, 1.54) is 0 Å². The Morgan fingerprint density at radius 2 is 2.21 bits per heavy atom. The number of hydrogen-bond donors (Lipinski definition) is 0. The molecule has 1 atom stereocenters. The zero-order valence-corrected chi connectivity index (χ0v) is 15.1. The van der Waals surface area contributed by atoms with Gasteiger partial charge in [0, 0.05) is 24.8 Å². The van der Waals surface area contributed by atoms with Crippen LogP contribution in [0.1, 0.15) is 54.5 Å². The van der Waals surface area contributed by atoms with Gasteiger partial charge < -0.3 is 4.90 Å². The third kappa shape index (κ3) is 3.18. The molecule has 0 aliphatic carbocycles. The highest BCUT2D eigenvalue weighted by molar-refractivity contribution is 6.30. The highest BCUT2D eigenvalue weighted by atomic mass is 35.5. The minimum absolute atomic E-state index is 0.0204. The lowest BCUT2D eigenvalue weighted by molar-refractivity contribution is 0.0729. The van der Waals surface area contributed by atoms with Crippen molar-refractivity contribution in [3.63, 3.8) is 0 Å². The summed E-state index contributed by atoms with van der Waals surface area (Å²) in [7, 11) is 0. The Bertz CT molecular complexity index is 726. The normalized spacial score (nSPS) is 17.7. The molecule has 1 saturated heterocycles. The van der Waals surface area contributed by atoms with Crippen LogP contribution in [0.25, 0.3) is 0 Å². The van der Waals surface area contributed by atoms with Crippen LogP contribution in [0, 0.1) is 12.8 Å². The predicted octanol–water partition coefficient (Wildman–Crippen LogP) is 3.87. The fraction of sp³-hybridized carbons (Fsp3) is 0.500. The van der Waals surface area contributed by atoms with Gasteiger partial charge in [-0.25, -0.2) is 0 Å². The second kappa shape index (κ2) is 6.93. The molecule has 0 saturated carbocycles. The summed E-state index contributed by atoms with van der Waals surface area (Å²) in [5.74, 6) is 0.426. The number of rotatable bonds is 4. The second-order valence-electron chi connectivity index (χ2n) is 6.74. The molecule has 1 fully saturated rings. The van der Waals surface area contributed by atoms with E-state index in [-0.39, 0.29) is 11.9 Å². The van der Waals surface area contributed by atoms with Crippen LogP contribution in [0.15, 0.2) is 24.4 Å². The summed E-state index contributed by atoms with van der Waals surface area (Å²) in [4.78, 5) is 18.9. The van der Waals surface area contributed by atoms with Crippen LogP contribution in [0.2, 0.25) is 5.15 Å². The second-order valence-corrected chi connectivity index (χ2v) is 7.10. The predicted molar refractivity (Wildman–Crippen MR) is 94.1 cm³/mol. The molecule has 6 heteroatoms. The van der Waals surface area contributed by atoms with Gasteiger partial charge in [-0.15, -0.1) is 0 Å². The standard InChI is InChI=1S/C18H23ClN4O/c1-12(2)11-23-17(19)16(13(3)21-23)15-8-6-10-22(15)18(24)14-7-4-5-9-20-14/h4-5,7,9,12,15H,6,8,10-11H2,1-3H3/t15-/m1/s1. The van der Waals surface area contributed by atoms with Crippen LogP contribution < -0.4 is 0 Å². The Hall–Kier alpha value is -1.88. The molecule has 2 aromatic heterocycles. The molecule has 2 aromatic rings. The monoisotopic (exact) mass is 346 g/mol. The van der Waals surface area contributed by atoms with Crippen molar-refractivity contribution in [3.05, 3.63) is 46.5 Å². The molecule has 1 aliphatic rings. The fourth-order valence-corrected chi connectivity index (χ4v) is 3.73. The number of nitrogens with zero attached hydrogens (tertiary/aromatic N) is 4. The van der Waals surface area contributed by atoms with Crippen LogP contribution in [-0.2, 0) is 6.54 Å². The number of aryl methyl sites for hydroxylation is 1. The number of aromatic nitrogens is 3. The highest BCUT2D eigenvalue weighted by Crippen LogP contribution is 2.38. The lowest BCUT2D eigenvalue weighted by Gasteiger charge is -2.24. The summed E-state index contributed by atoms with van der Waals surface area (Å²) >= 11 is 6.62. The van der Waals surface area contributed by atoms with Gasteiger partial charge in [0.25, 0.3) is 5.91 Å². The van der Waals surface area contributed by atoms with Crippen molar-refractivity contribution in [1.29, 1.82) is 0 Å². The SMILES string of the molecule is Cc1nn(CC(C)C)c(Cl)c1[C@H]1CCCN1C(=O)c1ccccn1. The average Bonchev–Trinajstić information content (AvgIpc) is 3.12. The zero-order valence-electron chi connectivity index (χ0n) is 14.4. The third-order valence-corrected chi connectivity index (χ3v) is 4.78. The first-order valence-electron chi connectivity index (χ1n) is 8.43. The summed E-state index contributed by atoms with van der Waals surface area (Å²) in [5.41, 5.74) is 2.37. The van der Waals surface area contributed by atoms with E-state index in [1.54, 1.807) is 12.3 Å². The summed E-state index contributed by atoms with van der Waals surface area (Å²) in [5, 5.41) is 5.25. The molecule has 3 heterocycles. The van der Waals surface area contributed by atoms with E-state index >= 15 is 0 Å². The first kappa shape index (κ1) is 17.0. The Labute approximate surface area is 147 Å². The molecular formula is C18H23ClN4O. The van der Waals surface area contributed by atoms with Crippen LogP contribution in [0.5, 0.6) is 0 Å². The minimum Gasteiger partial charge on any atom is -0.330 e. The Morgan fingerprint density at radius 1 is 1.42 bits per heavy atom. The smallest absolute Gasteiger partial charge is 0.272 e. The van der Waals surface area contributed by atoms with Crippen molar-refractivity contribution in [2.45, 2.75) is 46.2 Å². The number of carbonyl (C=O) groups is 1. The van der Waals surface area contributed by atoms with Gasteiger partial charge in [-0.1, -0.05) is 31.5 Å². The van der Waals surface area contributed by atoms with Gasteiger partial charge in [0.1, 0.15) is 10.8 Å². The van der Waals surface area contributed by atoms with Gasteiger partial charge in [0.15, 0.2) is 0 Å². The zero-order chi connectivity index (χ0) is 17.3. The largest absolute Gasteiger partial charge is 0.330 e. The quantitative estimate of drug-likeness (QED) is 0.844. The van der Waals surface area contributed by atoms with Crippen molar-refractivity contribution in [1.82, 2.24) is 19.7 Å². The topological polar surface area (TPSA) is 51.0 Å². The van der Waals surface area contributed by atoms with Crippen LogP contribution in [-0.4, -0.2) is 32.1 Å². The molecule has 1 amide bonds. The van der Waals surface area contributed by atoms with Crippen molar-refractivity contribution in [2.24, 2.45) is 5.92 Å². The van der Waals surface area contributed by atoms with Crippen LogP contribution >= 0.6 is 11.6 Å². The van der Waals surface area contributed by atoms with Crippen molar-refractivity contribution < 1.29 is 4.79 Å². The molecule has 0 aromatic carbocycles. The van der Waals surface area contributed by atoms with Crippen molar-refractivity contribution >= 4 is 17.5 Å². The van der Waals surface area contributed by atoms with E-state index in [2.05, 4.69) is 23.9 Å². The lowest BCUT2D eigenvalue weighted by atomic mass is 10.1. The summed E-state index contributed by atoms with van der Waals surface area (Å²) < 4.78 is 1.86. The first-order valence-corrected chi connectivity index (χ1v) is 8.81. The maximum atomic E-state index is 12.8. The molecule has 3 rings (SSSR count). The molecule has 0 N–H and O–H groups in total. The molecule has 5 nitrogen and oxygen atoms in total. The number of halogens is 1. The first-order chi connectivity index (χ1) is 11.5. The fourth-order valence-electron chi connectivity index (χ4n) is 3.36. The Balaban J connectivity index is 1.91. The Kier molecular flexibility index (Phi) is 4.90. The maximum absolute atomic E-state index is 12.8. The summed E-state index contributed by atoms with van der Waals surface area (Å²) in [6, 6.07) is 5.39. The molecule has 0 spiro atoms. The van der Waals surface area contributed by atoms with Crippen LogP contribution in [0.3, 0.4) is 0 Å². The van der Waals surface area contributed by atoms with Gasteiger partial charge >= 0.3 is 0 Å². The maximum Gasteiger partial charge on any atom is 0.272 e. The van der Waals surface area contributed by atoms with E-state index in [0.717, 1.165) is 37.2 Å². The molecule has 0 unspecified atom stereocenters. The molecule has 24 heavy (non-hydrogen) atoms. The van der Waals surface area contributed by atoms with Gasteiger partial charge in [0.05, 0.1) is 11.7 Å². The molecular weight excluding hydrogens is 324 g/mol. The van der Waals surface area contributed by atoms with E-state index in [9.17, 15) is 4.79 Å². The van der Waals surface area contributed by atoms with Gasteiger partial charge in [-0.3, -0.25) is 14.5 Å². The molecule has 128 valence electrons. The average molecular weight is 347 g/mol. The van der Waals surface area contributed by atoms with Gasteiger partial charge in [-0.05, 0) is 37.8 Å². The lowest BCUT2D eigenvalue weighted by Crippen LogP contribution is -2.31. The van der Waals surface area contributed by atoms with E-state index in [4.69, 9.17) is 11.6 Å². The highest BCUT2D eigenvalue weighted by Gasteiger charge is 2.35. The van der Waals surface area contributed by atoms with Gasteiger partial charge in [0.2, 0.25) is 0 Å². The molecule has 0 bridgehead atoms. The van der Waals surface area contributed by atoms with E-state index in [0.29, 0.717) is 16.8 Å². The number of hydrogen-bond acceptors (Lipinski definition) is 3. The number of amides is 1. The number of pyridine rings is 1. The van der Waals surface area contributed by atoms with E-state index < -0.39 is 0 Å². The number of carbonyl (C=O) groups excluding carboxylic acids is 1. The Morgan fingerprint density at radius 3 is 2.88 bits per heavy atom. The summed E-state index contributed by atoms with van der Waals surface area (Å²) in [6.07, 6.45) is 3.53. The summed E-state index contributed by atoms with van der Waals surface area (Å²) in [6.45, 7) is 7.75. The molecule has 0 radical (unpaired) electrons.